The first-order chi connectivity index (χ1) is 18.1. The van der Waals surface area contributed by atoms with E-state index < -0.39 is 0 Å². The van der Waals surface area contributed by atoms with Gasteiger partial charge in [-0.25, -0.2) is 0 Å². The van der Waals surface area contributed by atoms with Gasteiger partial charge in [0.15, 0.2) is 0 Å². The standard InChI is InChI=1S/C27H27N7O3/c1-28-25(35)16-9-10-20(22(12-16)36-2)31-27-32-24-23(26(33-27)37-18-5-3-4-6-18)19(14-29-24)15-7-8-17-13-30-34-21(17)11-15/h7-14,18H,3-6H2,1-2H3,(H,28,35)(H,30,34)(H2,29,31,32,33). The van der Waals surface area contributed by atoms with E-state index in [-0.39, 0.29) is 12.0 Å². The van der Waals surface area contributed by atoms with Crippen LogP contribution in [0.2, 0.25) is 0 Å². The Kier molecular flexibility index (Phi) is 5.84. The maximum atomic E-state index is 12.0. The predicted molar refractivity (Wildman–Crippen MR) is 142 cm³/mol. The molecule has 188 valence electrons. The molecule has 0 aliphatic heterocycles. The van der Waals surface area contributed by atoms with E-state index in [0.717, 1.165) is 53.1 Å². The third-order valence-electron chi connectivity index (χ3n) is 6.77. The molecule has 37 heavy (non-hydrogen) atoms. The fourth-order valence-electron chi connectivity index (χ4n) is 4.84. The zero-order chi connectivity index (χ0) is 25.4. The molecule has 6 rings (SSSR count). The van der Waals surface area contributed by atoms with Gasteiger partial charge in [-0.3, -0.25) is 9.89 Å². The maximum absolute atomic E-state index is 12.0. The first kappa shape index (κ1) is 22.8. The van der Waals surface area contributed by atoms with Crippen molar-refractivity contribution in [2.75, 3.05) is 19.5 Å². The second-order valence-electron chi connectivity index (χ2n) is 9.09. The number of ether oxygens (including phenoxy) is 2. The third-order valence-corrected chi connectivity index (χ3v) is 6.77. The van der Waals surface area contributed by atoms with Gasteiger partial charge in [-0.05, 0) is 55.5 Å². The molecule has 0 bridgehead atoms. The molecule has 1 aliphatic rings. The first-order valence-electron chi connectivity index (χ1n) is 12.3. The van der Waals surface area contributed by atoms with Crippen LogP contribution in [0.5, 0.6) is 11.6 Å². The number of carbonyl (C=O) groups excluding carboxylic acids is 1. The number of anilines is 2. The van der Waals surface area contributed by atoms with Crippen LogP contribution in [0.4, 0.5) is 11.6 Å². The molecular formula is C27H27N7O3. The Morgan fingerprint density at radius 2 is 1.97 bits per heavy atom. The van der Waals surface area contributed by atoms with Crippen LogP contribution in [0.1, 0.15) is 36.0 Å². The van der Waals surface area contributed by atoms with Gasteiger partial charge in [-0.2, -0.15) is 15.1 Å². The van der Waals surface area contributed by atoms with Crippen molar-refractivity contribution in [1.29, 1.82) is 0 Å². The number of aromatic amines is 2. The van der Waals surface area contributed by atoms with Crippen molar-refractivity contribution in [3.05, 3.63) is 54.4 Å². The molecule has 1 amide bonds. The smallest absolute Gasteiger partial charge is 0.251 e. The minimum Gasteiger partial charge on any atom is -0.495 e. The molecular weight excluding hydrogens is 470 g/mol. The van der Waals surface area contributed by atoms with Crippen LogP contribution in [0.3, 0.4) is 0 Å². The number of methoxy groups -OCH3 is 1. The number of fused-ring (bicyclic) bond motifs is 2. The first-order valence-corrected chi connectivity index (χ1v) is 12.3. The number of benzene rings is 2. The molecule has 10 heteroatoms. The van der Waals surface area contributed by atoms with Crippen molar-refractivity contribution in [3.63, 3.8) is 0 Å². The highest BCUT2D eigenvalue weighted by atomic mass is 16.5. The molecule has 0 saturated heterocycles. The molecule has 3 heterocycles. The van der Waals surface area contributed by atoms with Gasteiger partial charge < -0.3 is 25.1 Å². The minimum atomic E-state index is -0.193. The van der Waals surface area contributed by atoms with E-state index in [2.05, 4.69) is 37.9 Å². The Hall–Kier alpha value is -4.60. The molecule has 1 saturated carbocycles. The summed E-state index contributed by atoms with van der Waals surface area (Å²) in [5, 5.41) is 14.9. The lowest BCUT2D eigenvalue weighted by molar-refractivity contribution is 0.0962. The monoisotopic (exact) mass is 497 g/mol. The van der Waals surface area contributed by atoms with E-state index in [1.54, 1.807) is 38.6 Å². The van der Waals surface area contributed by atoms with Crippen LogP contribution >= 0.6 is 0 Å². The fourth-order valence-corrected chi connectivity index (χ4v) is 4.84. The quantitative estimate of drug-likeness (QED) is 0.251. The molecule has 0 atom stereocenters. The Bertz CT molecular complexity index is 1600. The summed E-state index contributed by atoms with van der Waals surface area (Å²) in [5.41, 5.74) is 4.71. The van der Waals surface area contributed by atoms with Gasteiger partial charge in [0.1, 0.15) is 17.5 Å². The summed E-state index contributed by atoms with van der Waals surface area (Å²) >= 11 is 0. The van der Waals surface area contributed by atoms with Crippen molar-refractivity contribution >= 4 is 39.5 Å². The van der Waals surface area contributed by atoms with E-state index in [1.165, 1.54) is 0 Å². The lowest BCUT2D eigenvalue weighted by Crippen LogP contribution is -2.17. The van der Waals surface area contributed by atoms with E-state index in [1.807, 2.05) is 12.3 Å². The predicted octanol–water partition coefficient (Wildman–Crippen LogP) is 4.93. The molecule has 1 aliphatic carbocycles. The van der Waals surface area contributed by atoms with Crippen molar-refractivity contribution < 1.29 is 14.3 Å². The highest BCUT2D eigenvalue weighted by Gasteiger charge is 2.23. The number of hydrogen-bond acceptors (Lipinski definition) is 7. The van der Waals surface area contributed by atoms with Gasteiger partial charge in [0.25, 0.3) is 5.91 Å². The Morgan fingerprint density at radius 3 is 2.78 bits per heavy atom. The molecule has 0 radical (unpaired) electrons. The number of hydrogen-bond donors (Lipinski definition) is 4. The van der Waals surface area contributed by atoms with Gasteiger partial charge in [-0.1, -0.05) is 12.1 Å². The third kappa shape index (κ3) is 4.31. The van der Waals surface area contributed by atoms with Crippen molar-refractivity contribution in [1.82, 2.24) is 30.5 Å². The molecule has 0 spiro atoms. The zero-order valence-corrected chi connectivity index (χ0v) is 20.6. The number of nitrogens with zero attached hydrogens (tertiary/aromatic N) is 3. The molecule has 3 aromatic heterocycles. The summed E-state index contributed by atoms with van der Waals surface area (Å²) < 4.78 is 12.0. The van der Waals surface area contributed by atoms with Crippen LogP contribution < -0.4 is 20.1 Å². The average Bonchev–Trinajstić information content (AvgIpc) is 3.69. The molecule has 1 fully saturated rings. The second-order valence-corrected chi connectivity index (χ2v) is 9.09. The SMILES string of the molecule is CNC(=O)c1ccc(Nc2nc(OC3CCCC3)c3c(-c4ccc5cn[nH]c5c4)c[nH]c3n2)c(OC)c1. The Morgan fingerprint density at radius 1 is 1.11 bits per heavy atom. The van der Waals surface area contributed by atoms with Gasteiger partial charge in [0, 0.05) is 29.8 Å². The van der Waals surface area contributed by atoms with Crippen LogP contribution in [0.25, 0.3) is 33.1 Å². The minimum absolute atomic E-state index is 0.116. The number of nitrogens with one attached hydrogen (secondary N) is 4. The van der Waals surface area contributed by atoms with Crippen LogP contribution in [0.15, 0.2) is 48.8 Å². The van der Waals surface area contributed by atoms with Crippen molar-refractivity contribution in [3.8, 4) is 22.8 Å². The average molecular weight is 498 g/mol. The highest BCUT2D eigenvalue weighted by molar-refractivity contribution is 5.99. The van der Waals surface area contributed by atoms with E-state index in [0.29, 0.717) is 34.5 Å². The lowest BCUT2D eigenvalue weighted by atomic mass is 10.0. The van der Waals surface area contributed by atoms with Crippen LogP contribution in [-0.4, -0.2) is 51.3 Å². The molecule has 10 nitrogen and oxygen atoms in total. The normalized spacial score (nSPS) is 13.8. The van der Waals surface area contributed by atoms with Crippen LogP contribution in [-0.2, 0) is 0 Å². The van der Waals surface area contributed by atoms with Gasteiger partial charge in [-0.15, -0.1) is 0 Å². The Balaban J connectivity index is 1.42. The van der Waals surface area contributed by atoms with Crippen LogP contribution in [0, 0.1) is 0 Å². The zero-order valence-electron chi connectivity index (χ0n) is 20.6. The van der Waals surface area contributed by atoms with E-state index in [4.69, 9.17) is 19.4 Å². The van der Waals surface area contributed by atoms with Crippen molar-refractivity contribution in [2.24, 2.45) is 0 Å². The number of amides is 1. The molecule has 0 unspecified atom stereocenters. The number of carbonyl (C=O) groups is 1. The summed E-state index contributed by atoms with van der Waals surface area (Å²) in [4.78, 5) is 24.9. The number of H-pyrrole nitrogens is 2. The summed E-state index contributed by atoms with van der Waals surface area (Å²) in [5.74, 6) is 1.20. The fraction of sp³-hybridized carbons (Fsp3) is 0.259. The molecule has 4 N–H and O–H groups in total. The largest absolute Gasteiger partial charge is 0.495 e. The molecule has 5 aromatic rings. The van der Waals surface area contributed by atoms with Gasteiger partial charge in [0.2, 0.25) is 11.8 Å². The summed E-state index contributed by atoms with van der Waals surface area (Å²) in [6, 6.07) is 11.3. The summed E-state index contributed by atoms with van der Waals surface area (Å²) in [6.07, 6.45) is 8.15. The molecule has 2 aromatic carbocycles. The number of aromatic nitrogens is 5. The van der Waals surface area contributed by atoms with Crippen molar-refractivity contribution in [2.45, 2.75) is 31.8 Å². The summed E-state index contributed by atoms with van der Waals surface area (Å²) in [6.45, 7) is 0. The van der Waals surface area contributed by atoms with Gasteiger partial charge >= 0.3 is 0 Å². The highest BCUT2D eigenvalue weighted by Crippen LogP contribution is 2.38. The van der Waals surface area contributed by atoms with E-state index in [9.17, 15) is 4.79 Å². The Labute approximate surface area is 212 Å². The topological polar surface area (TPSA) is 130 Å². The van der Waals surface area contributed by atoms with Gasteiger partial charge in [0.05, 0.1) is 29.9 Å². The van der Waals surface area contributed by atoms with E-state index >= 15 is 0 Å². The number of rotatable bonds is 7. The second kappa shape index (κ2) is 9.45. The maximum Gasteiger partial charge on any atom is 0.251 e. The lowest BCUT2D eigenvalue weighted by Gasteiger charge is -2.16. The summed E-state index contributed by atoms with van der Waals surface area (Å²) in [7, 11) is 3.15.